The molecule has 0 saturated carbocycles. The van der Waals surface area contributed by atoms with Gasteiger partial charge in [-0.1, -0.05) is 86.8 Å². The SMILES string of the molecule is CC(C)CCCCCOC(=O)CSCc1cc(C(C)(C)C)c(O)c(C(C)(C)C)c1. The van der Waals surface area contributed by atoms with Crippen LogP contribution in [-0.2, 0) is 26.1 Å². The lowest BCUT2D eigenvalue weighted by atomic mass is 9.78. The van der Waals surface area contributed by atoms with Crippen LogP contribution in [0.5, 0.6) is 5.75 Å². The van der Waals surface area contributed by atoms with Gasteiger partial charge in [0.15, 0.2) is 0 Å². The number of benzene rings is 1. The molecular weight excluding hydrogens is 380 g/mol. The highest BCUT2D eigenvalue weighted by molar-refractivity contribution is 7.99. The second kappa shape index (κ2) is 11.3. The van der Waals surface area contributed by atoms with Crippen LogP contribution in [0.4, 0.5) is 0 Å². The molecule has 4 heteroatoms. The van der Waals surface area contributed by atoms with Crippen molar-refractivity contribution in [1.29, 1.82) is 0 Å². The van der Waals surface area contributed by atoms with Crippen molar-refractivity contribution >= 4 is 17.7 Å². The number of aromatic hydroxyl groups is 1. The molecule has 0 bridgehead atoms. The van der Waals surface area contributed by atoms with Crippen LogP contribution in [-0.4, -0.2) is 23.4 Å². The van der Waals surface area contributed by atoms with Gasteiger partial charge in [-0.05, 0) is 39.9 Å². The predicted octanol–water partition coefficient (Wildman–Crippen LogP) is 6.98. The molecule has 0 fully saturated rings. The van der Waals surface area contributed by atoms with Gasteiger partial charge < -0.3 is 9.84 Å². The van der Waals surface area contributed by atoms with E-state index in [1.54, 1.807) is 11.8 Å². The minimum absolute atomic E-state index is 0.135. The number of hydrogen-bond donors (Lipinski definition) is 1. The average Bonchev–Trinajstić information content (AvgIpc) is 2.56. The Morgan fingerprint density at radius 3 is 2.03 bits per heavy atom. The second-order valence-electron chi connectivity index (χ2n) is 10.5. The van der Waals surface area contributed by atoms with Crippen molar-refractivity contribution in [3.63, 3.8) is 0 Å². The molecule has 166 valence electrons. The van der Waals surface area contributed by atoms with E-state index in [0.29, 0.717) is 18.1 Å². The van der Waals surface area contributed by atoms with Gasteiger partial charge in [-0.25, -0.2) is 0 Å². The largest absolute Gasteiger partial charge is 0.507 e. The van der Waals surface area contributed by atoms with Crippen LogP contribution < -0.4 is 0 Å². The minimum atomic E-state index is -0.140. The van der Waals surface area contributed by atoms with Gasteiger partial charge >= 0.3 is 5.97 Å². The van der Waals surface area contributed by atoms with Crippen LogP contribution in [0.3, 0.4) is 0 Å². The van der Waals surface area contributed by atoms with Gasteiger partial charge in [0, 0.05) is 5.75 Å². The highest BCUT2D eigenvalue weighted by Crippen LogP contribution is 2.40. The maximum absolute atomic E-state index is 12.0. The molecule has 0 spiro atoms. The number of carbonyl (C=O) groups is 1. The fourth-order valence-electron chi connectivity index (χ4n) is 3.23. The molecule has 1 aromatic rings. The Bertz CT molecular complexity index is 616. The molecule has 3 nitrogen and oxygen atoms in total. The third kappa shape index (κ3) is 9.46. The molecule has 0 atom stereocenters. The third-order valence-corrected chi connectivity index (χ3v) is 5.94. The molecule has 1 aromatic carbocycles. The number of rotatable bonds is 10. The molecule has 0 heterocycles. The van der Waals surface area contributed by atoms with Gasteiger partial charge in [0.2, 0.25) is 0 Å². The lowest BCUT2D eigenvalue weighted by molar-refractivity contribution is -0.140. The van der Waals surface area contributed by atoms with Crippen molar-refractivity contribution in [1.82, 2.24) is 0 Å². The van der Waals surface area contributed by atoms with E-state index in [0.717, 1.165) is 41.2 Å². The molecule has 29 heavy (non-hydrogen) atoms. The van der Waals surface area contributed by atoms with E-state index in [2.05, 4.69) is 67.5 Å². The number of ether oxygens (including phenoxy) is 1. The van der Waals surface area contributed by atoms with Crippen LogP contribution in [0.15, 0.2) is 12.1 Å². The van der Waals surface area contributed by atoms with Gasteiger partial charge in [0.05, 0.1) is 12.4 Å². The molecule has 0 amide bonds. The van der Waals surface area contributed by atoms with Crippen LogP contribution >= 0.6 is 11.8 Å². The smallest absolute Gasteiger partial charge is 0.315 e. The summed E-state index contributed by atoms with van der Waals surface area (Å²) in [5.74, 6) is 2.10. The lowest BCUT2D eigenvalue weighted by Gasteiger charge is -2.28. The molecule has 1 N–H and O–H groups in total. The van der Waals surface area contributed by atoms with E-state index in [1.165, 1.54) is 12.8 Å². The maximum Gasteiger partial charge on any atom is 0.315 e. The fraction of sp³-hybridized carbons (Fsp3) is 0.720. The van der Waals surface area contributed by atoms with Crippen molar-refractivity contribution in [2.45, 2.75) is 97.7 Å². The third-order valence-electron chi connectivity index (χ3n) is 4.96. The fourth-order valence-corrected chi connectivity index (χ4v) is 3.99. The number of unbranched alkanes of at least 4 members (excludes halogenated alkanes) is 2. The Labute approximate surface area is 183 Å². The standard InChI is InChI=1S/C25H42O3S/c1-18(2)12-10-9-11-13-28-22(26)17-29-16-19-14-20(24(3,4)5)23(27)21(15-19)25(6,7)8/h14-15,18,27H,9-13,16-17H2,1-8H3. The molecule has 0 aliphatic rings. The first-order valence-electron chi connectivity index (χ1n) is 10.9. The van der Waals surface area contributed by atoms with Gasteiger partial charge in [-0.15, -0.1) is 11.8 Å². The summed E-state index contributed by atoms with van der Waals surface area (Å²) in [5, 5.41) is 10.8. The maximum atomic E-state index is 12.0. The Balaban J connectivity index is 2.58. The first-order valence-corrected chi connectivity index (χ1v) is 12.1. The van der Waals surface area contributed by atoms with Gasteiger partial charge in [0.25, 0.3) is 0 Å². The van der Waals surface area contributed by atoms with E-state index >= 15 is 0 Å². The van der Waals surface area contributed by atoms with Gasteiger partial charge in [-0.3, -0.25) is 4.79 Å². The summed E-state index contributed by atoms with van der Waals surface area (Å²) in [6.07, 6.45) is 4.52. The first-order chi connectivity index (χ1) is 13.3. The average molecular weight is 423 g/mol. The highest BCUT2D eigenvalue weighted by atomic mass is 32.2. The first kappa shape index (κ1) is 25.9. The van der Waals surface area contributed by atoms with Crippen LogP contribution in [0.25, 0.3) is 0 Å². The molecule has 0 unspecified atom stereocenters. The van der Waals surface area contributed by atoms with E-state index < -0.39 is 0 Å². The summed E-state index contributed by atoms with van der Waals surface area (Å²) in [4.78, 5) is 12.0. The van der Waals surface area contributed by atoms with E-state index in [4.69, 9.17) is 4.74 Å². The quantitative estimate of drug-likeness (QED) is 0.326. The predicted molar refractivity (Wildman–Crippen MR) is 126 cm³/mol. The zero-order valence-corrected chi connectivity index (χ0v) is 20.7. The lowest BCUT2D eigenvalue weighted by Crippen LogP contribution is -2.18. The zero-order chi connectivity index (χ0) is 22.2. The molecule has 1 rings (SSSR count). The molecule has 0 aliphatic heterocycles. The van der Waals surface area contributed by atoms with Crippen molar-refractivity contribution in [2.24, 2.45) is 5.92 Å². The number of thioether (sulfide) groups is 1. The summed E-state index contributed by atoms with van der Waals surface area (Å²) in [5.41, 5.74) is 2.79. The van der Waals surface area contributed by atoms with Crippen LogP contribution in [0, 0.1) is 5.92 Å². The van der Waals surface area contributed by atoms with E-state index in [9.17, 15) is 9.90 Å². The topological polar surface area (TPSA) is 46.5 Å². The Kier molecular flexibility index (Phi) is 10.1. The van der Waals surface area contributed by atoms with Crippen LogP contribution in [0.1, 0.15) is 97.8 Å². The zero-order valence-electron chi connectivity index (χ0n) is 19.9. The van der Waals surface area contributed by atoms with Crippen molar-refractivity contribution in [3.8, 4) is 5.75 Å². The Morgan fingerprint density at radius 1 is 1.00 bits per heavy atom. The second-order valence-corrected chi connectivity index (χ2v) is 11.5. The monoisotopic (exact) mass is 422 g/mol. The summed E-state index contributed by atoms with van der Waals surface area (Å²) in [6, 6.07) is 4.16. The summed E-state index contributed by atoms with van der Waals surface area (Å²) < 4.78 is 5.36. The van der Waals surface area contributed by atoms with Crippen molar-refractivity contribution < 1.29 is 14.6 Å². The number of phenolic OH excluding ortho intramolecular Hbond substituents is 1. The number of esters is 1. The number of carbonyl (C=O) groups excluding carboxylic acids is 1. The molecule has 0 aliphatic carbocycles. The van der Waals surface area contributed by atoms with Crippen molar-refractivity contribution in [2.75, 3.05) is 12.4 Å². The molecule has 0 aromatic heterocycles. The number of phenols is 1. The van der Waals surface area contributed by atoms with Crippen LogP contribution in [0.2, 0.25) is 0 Å². The highest BCUT2D eigenvalue weighted by Gasteiger charge is 2.26. The summed E-state index contributed by atoms with van der Waals surface area (Å²) in [7, 11) is 0. The Hall–Kier alpha value is -1.16. The summed E-state index contributed by atoms with van der Waals surface area (Å²) >= 11 is 1.58. The van der Waals surface area contributed by atoms with E-state index in [-0.39, 0.29) is 16.8 Å². The minimum Gasteiger partial charge on any atom is -0.507 e. The normalized spacial score (nSPS) is 12.4. The number of hydrogen-bond acceptors (Lipinski definition) is 4. The van der Waals surface area contributed by atoms with Crippen molar-refractivity contribution in [3.05, 3.63) is 28.8 Å². The Morgan fingerprint density at radius 2 is 1.55 bits per heavy atom. The van der Waals surface area contributed by atoms with E-state index in [1.807, 2.05) is 0 Å². The van der Waals surface area contributed by atoms with Gasteiger partial charge in [-0.2, -0.15) is 0 Å². The van der Waals surface area contributed by atoms with Gasteiger partial charge in [0.1, 0.15) is 5.75 Å². The summed E-state index contributed by atoms with van der Waals surface area (Å²) in [6.45, 7) is 17.7. The molecule has 0 saturated heterocycles. The molecular formula is C25H42O3S. The molecule has 0 radical (unpaired) electrons.